The molecule has 4 heteroatoms. The highest BCUT2D eigenvalue weighted by Crippen LogP contribution is 2.22. The van der Waals surface area contributed by atoms with Gasteiger partial charge in [0.25, 0.3) is 0 Å². The van der Waals surface area contributed by atoms with Gasteiger partial charge in [-0.25, -0.2) is 4.79 Å². The molecule has 3 rings (SSSR count). The lowest BCUT2D eigenvalue weighted by molar-refractivity contribution is -0.130. The molecule has 3 aromatic carbocycles. The molecule has 0 spiro atoms. The van der Waals surface area contributed by atoms with Crippen molar-refractivity contribution in [1.82, 2.24) is 0 Å². The molecule has 0 aliphatic heterocycles. The molecule has 26 heavy (non-hydrogen) atoms. The molecule has 0 amide bonds. The van der Waals surface area contributed by atoms with Gasteiger partial charge in [-0.15, -0.1) is 0 Å². The largest absolute Gasteiger partial charge is 0.508 e. The van der Waals surface area contributed by atoms with E-state index in [1.165, 1.54) is 12.1 Å². The molecule has 2 N–H and O–H groups in total. The Labute approximate surface area is 151 Å². The Bertz CT molecular complexity index is 895. The molecule has 0 fully saturated rings. The van der Waals surface area contributed by atoms with E-state index in [2.05, 4.69) is 0 Å². The molecule has 0 saturated carbocycles. The highest BCUT2D eigenvalue weighted by Gasteiger charge is 2.10. The zero-order valence-electron chi connectivity index (χ0n) is 14.0. The monoisotopic (exact) mass is 346 g/mol. The standard InChI is InChI=1S/C22H18O4/c23-19-10-8-18(9-11-19)21(22(24)25)14-16-6-12-20(13-7-16)26-15-17-4-2-1-3-5-17/h1-14,23H,15H2,(H,24,25)/b21-14-. The van der Waals surface area contributed by atoms with Gasteiger partial charge in [0.1, 0.15) is 18.1 Å². The summed E-state index contributed by atoms with van der Waals surface area (Å²) in [5.74, 6) is -0.217. The summed E-state index contributed by atoms with van der Waals surface area (Å²) in [5.41, 5.74) is 2.52. The van der Waals surface area contributed by atoms with Crippen LogP contribution >= 0.6 is 0 Å². The number of aliphatic carboxylic acids is 1. The van der Waals surface area contributed by atoms with Crippen LogP contribution in [0.4, 0.5) is 0 Å². The lowest BCUT2D eigenvalue weighted by atomic mass is 10.0. The zero-order chi connectivity index (χ0) is 18.4. The van der Waals surface area contributed by atoms with Crippen LogP contribution < -0.4 is 4.74 Å². The molecule has 0 saturated heterocycles. The number of carboxylic acids is 1. The SMILES string of the molecule is O=C(O)/C(=C\c1ccc(OCc2ccccc2)cc1)c1ccc(O)cc1. The molecule has 0 unspecified atom stereocenters. The minimum absolute atomic E-state index is 0.0957. The number of carbonyl (C=O) groups is 1. The Morgan fingerprint density at radius 1 is 0.885 bits per heavy atom. The van der Waals surface area contributed by atoms with Gasteiger partial charge in [0.05, 0.1) is 5.57 Å². The molecule has 130 valence electrons. The number of ether oxygens (including phenoxy) is 1. The smallest absolute Gasteiger partial charge is 0.336 e. The van der Waals surface area contributed by atoms with Crippen molar-refractivity contribution in [1.29, 1.82) is 0 Å². The van der Waals surface area contributed by atoms with Gasteiger partial charge in [-0.2, -0.15) is 0 Å². The molecule has 0 heterocycles. The summed E-state index contributed by atoms with van der Waals surface area (Å²) in [7, 11) is 0. The van der Waals surface area contributed by atoms with E-state index < -0.39 is 5.97 Å². The van der Waals surface area contributed by atoms with Crippen LogP contribution in [0.3, 0.4) is 0 Å². The van der Waals surface area contributed by atoms with Crippen molar-refractivity contribution in [2.75, 3.05) is 0 Å². The molecule has 0 aliphatic carbocycles. The van der Waals surface area contributed by atoms with Crippen molar-refractivity contribution < 1.29 is 19.7 Å². The Morgan fingerprint density at radius 2 is 1.54 bits per heavy atom. The first-order valence-corrected chi connectivity index (χ1v) is 8.13. The highest BCUT2D eigenvalue weighted by atomic mass is 16.5. The minimum Gasteiger partial charge on any atom is -0.508 e. The van der Waals surface area contributed by atoms with Gasteiger partial charge < -0.3 is 14.9 Å². The van der Waals surface area contributed by atoms with Gasteiger partial charge >= 0.3 is 5.97 Å². The maximum absolute atomic E-state index is 11.6. The van der Waals surface area contributed by atoms with E-state index in [4.69, 9.17) is 4.74 Å². The second kappa shape index (κ2) is 8.03. The van der Waals surface area contributed by atoms with Gasteiger partial charge in [-0.1, -0.05) is 54.6 Å². The van der Waals surface area contributed by atoms with Crippen molar-refractivity contribution in [3.8, 4) is 11.5 Å². The fourth-order valence-electron chi connectivity index (χ4n) is 2.48. The van der Waals surface area contributed by atoms with Crippen LogP contribution in [0, 0.1) is 0 Å². The van der Waals surface area contributed by atoms with Crippen LogP contribution in [0.25, 0.3) is 11.6 Å². The Morgan fingerprint density at radius 3 is 2.15 bits per heavy atom. The summed E-state index contributed by atoms with van der Waals surface area (Å²) in [5, 5.41) is 18.8. The molecule has 4 nitrogen and oxygen atoms in total. The Kier molecular flexibility index (Phi) is 5.34. The quantitative estimate of drug-likeness (QED) is 0.506. The average Bonchev–Trinajstić information content (AvgIpc) is 2.67. The fourth-order valence-corrected chi connectivity index (χ4v) is 2.48. The normalized spacial score (nSPS) is 11.2. The molecule has 3 aromatic rings. The maximum atomic E-state index is 11.6. The first-order chi connectivity index (χ1) is 12.6. The van der Waals surface area contributed by atoms with Crippen molar-refractivity contribution in [2.45, 2.75) is 6.61 Å². The maximum Gasteiger partial charge on any atom is 0.336 e. The number of phenols is 1. The predicted octanol–water partition coefficient (Wildman–Crippen LogP) is 4.60. The number of hydrogen-bond acceptors (Lipinski definition) is 3. The third kappa shape index (κ3) is 4.51. The van der Waals surface area contributed by atoms with Gasteiger partial charge in [0, 0.05) is 0 Å². The number of phenolic OH excluding ortho intramolecular Hbond substituents is 1. The molecule has 0 aromatic heterocycles. The molecule has 0 bridgehead atoms. The summed E-state index contributed by atoms with van der Waals surface area (Å²) in [6.07, 6.45) is 1.59. The van der Waals surface area contributed by atoms with Crippen LogP contribution in [-0.2, 0) is 11.4 Å². The average molecular weight is 346 g/mol. The van der Waals surface area contributed by atoms with E-state index in [1.54, 1.807) is 18.2 Å². The Hall–Kier alpha value is -3.53. The van der Waals surface area contributed by atoms with Crippen LogP contribution in [0.15, 0.2) is 78.9 Å². The van der Waals surface area contributed by atoms with Gasteiger partial charge in [-0.05, 0) is 47.0 Å². The fraction of sp³-hybridized carbons (Fsp3) is 0.0455. The van der Waals surface area contributed by atoms with E-state index in [9.17, 15) is 15.0 Å². The van der Waals surface area contributed by atoms with Gasteiger partial charge in [-0.3, -0.25) is 0 Å². The topological polar surface area (TPSA) is 66.8 Å². The second-order valence-corrected chi connectivity index (χ2v) is 5.75. The van der Waals surface area contributed by atoms with Crippen LogP contribution in [0.5, 0.6) is 11.5 Å². The molecule has 0 aliphatic rings. The number of rotatable bonds is 6. The summed E-state index contributed by atoms with van der Waals surface area (Å²) in [6, 6.07) is 23.2. The number of benzene rings is 3. The van der Waals surface area contributed by atoms with Crippen LogP contribution in [0.1, 0.15) is 16.7 Å². The van der Waals surface area contributed by atoms with Crippen LogP contribution in [0.2, 0.25) is 0 Å². The summed E-state index contributed by atoms with van der Waals surface area (Å²) in [6.45, 7) is 0.476. The van der Waals surface area contributed by atoms with Gasteiger partial charge in [0.15, 0.2) is 0 Å². The highest BCUT2D eigenvalue weighted by molar-refractivity contribution is 6.20. The second-order valence-electron chi connectivity index (χ2n) is 5.75. The molecule has 0 radical (unpaired) electrons. The summed E-state index contributed by atoms with van der Waals surface area (Å²) in [4.78, 5) is 11.6. The first-order valence-electron chi connectivity index (χ1n) is 8.13. The van der Waals surface area contributed by atoms with Crippen molar-refractivity contribution in [2.24, 2.45) is 0 Å². The number of aromatic hydroxyl groups is 1. The predicted molar refractivity (Wildman–Crippen MR) is 101 cm³/mol. The van der Waals surface area contributed by atoms with Crippen molar-refractivity contribution >= 4 is 17.6 Å². The van der Waals surface area contributed by atoms with E-state index in [0.29, 0.717) is 17.9 Å². The number of carboxylic acid groups (broad SMARTS) is 1. The first kappa shape index (κ1) is 17.3. The lowest BCUT2D eigenvalue weighted by Gasteiger charge is -2.07. The zero-order valence-corrected chi connectivity index (χ0v) is 14.0. The Balaban J connectivity index is 1.74. The van der Waals surface area contributed by atoms with E-state index in [-0.39, 0.29) is 11.3 Å². The van der Waals surface area contributed by atoms with Crippen LogP contribution in [-0.4, -0.2) is 16.2 Å². The van der Waals surface area contributed by atoms with Crippen molar-refractivity contribution in [3.05, 3.63) is 95.6 Å². The van der Waals surface area contributed by atoms with Crippen molar-refractivity contribution in [3.63, 3.8) is 0 Å². The lowest BCUT2D eigenvalue weighted by Crippen LogP contribution is -1.99. The van der Waals surface area contributed by atoms with Gasteiger partial charge in [0.2, 0.25) is 0 Å². The molecular weight excluding hydrogens is 328 g/mol. The van der Waals surface area contributed by atoms with E-state index in [0.717, 1.165) is 11.1 Å². The number of hydrogen-bond donors (Lipinski definition) is 2. The third-order valence-electron chi connectivity index (χ3n) is 3.85. The molecular formula is C22H18O4. The summed E-state index contributed by atoms with van der Waals surface area (Å²) < 4.78 is 5.73. The van der Waals surface area contributed by atoms with E-state index in [1.807, 2.05) is 54.6 Å². The van der Waals surface area contributed by atoms with E-state index >= 15 is 0 Å². The minimum atomic E-state index is -1.03. The molecule has 0 atom stereocenters. The summed E-state index contributed by atoms with van der Waals surface area (Å²) >= 11 is 0. The third-order valence-corrected chi connectivity index (χ3v) is 3.85.